The van der Waals surface area contributed by atoms with Crippen LogP contribution in [0.1, 0.15) is 13.8 Å². The molecule has 0 spiro atoms. The summed E-state index contributed by atoms with van der Waals surface area (Å²) in [6, 6.07) is 3.24. The molecule has 0 N–H and O–H groups in total. The Morgan fingerprint density at radius 3 is 2.50 bits per heavy atom. The molecule has 0 aliphatic heterocycles. The lowest BCUT2D eigenvalue weighted by molar-refractivity contribution is -0.142. The van der Waals surface area contributed by atoms with Gasteiger partial charge in [0.1, 0.15) is 16.4 Å². The van der Waals surface area contributed by atoms with Crippen molar-refractivity contribution in [2.45, 2.75) is 23.5 Å². The summed E-state index contributed by atoms with van der Waals surface area (Å²) in [7, 11) is 1.27. The number of hydrogen-bond donors (Lipinski definition) is 0. The average Bonchev–Trinajstić information content (AvgIpc) is 2.21. The van der Waals surface area contributed by atoms with Crippen molar-refractivity contribution < 1.29 is 18.3 Å². The number of benzene rings is 1. The number of methoxy groups -OCH3 is 1. The van der Waals surface area contributed by atoms with E-state index in [1.54, 1.807) is 13.8 Å². The summed E-state index contributed by atoms with van der Waals surface area (Å²) in [6.45, 7) is 3.23. The van der Waals surface area contributed by atoms with Gasteiger partial charge in [0.25, 0.3) is 0 Å². The maximum Gasteiger partial charge on any atom is 0.321 e. The summed E-state index contributed by atoms with van der Waals surface area (Å²) < 4.78 is 29.7. The maximum absolute atomic E-state index is 13.3. The highest BCUT2D eigenvalue weighted by molar-refractivity contribution is 8.01. The number of esters is 1. The van der Waals surface area contributed by atoms with Crippen molar-refractivity contribution in [2.75, 3.05) is 7.11 Å². The highest BCUT2D eigenvalue weighted by Gasteiger charge is 2.31. The monoisotopic (exact) mass is 246 g/mol. The van der Waals surface area contributed by atoms with E-state index in [0.29, 0.717) is 0 Å². The van der Waals surface area contributed by atoms with Crippen LogP contribution in [0.15, 0.2) is 23.1 Å². The normalized spacial score (nSPS) is 11.3. The van der Waals surface area contributed by atoms with Gasteiger partial charge in [0, 0.05) is 11.0 Å². The number of ether oxygens (including phenoxy) is 1. The fraction of sp³-hybridized carbons (Fsp3) is 0.364. The van der Waals surface area contributed by atoms with E-state index in [1.807, 2.05) is 0 Å². The number of rotatable bonds is 3. The van der Waals surface area contributed by atoms with Crippen LogP contribution in [0.4, 0.5) is 8.78 Å². The molecule has 1 aromatic carbocycles. The van der Waals surface area contributed by atoms with Crippen molar-refractivity contribution in [3.05, 3.63) is 29.8 Å². The lowest BCUT2D eigenvalue weighted by atomic mass is 10.2. The van der Waals surface area contributed by atoms with Gasteiger partial charge in [-0.05, 0) is 26.0 Å². The Kier molecular flexibility index (Phi) is 3.91. The van der Waals surface area contributed by atoms with Crippen molar-refractivity contribution in [1.82, 2.24) is 0 Å². The van der Waals surface area contributed by atoms with Gasteiger partial charge in [0.15, 0.2) is 0 Å². The van der Waals surface area contributed by atoms with Gasteiger partial charge in [-0.3, -0.25) is 4.79 Å². The first-order chi connectivity index (χ1) is 7.36. The van der Waals surface area contributed by atoms with Crippen molar-refractivity contribution in [3.63, 3.8) is 0 Å². The molecule has 1 aromatic rings. The molecule has 16 heavy (non-hydrogen) atoms. The lowest BCUT2D eigenvalue weighted by Gasteiger charge is -2.20. The van der Waals surface area contributed by atoms with E-state index in [2.05, 4.69) is 4.74 Å². The Labute approximate surface area is 97.0 Å². The van der Waals surface area contributed by atoms with Gasteiger partial charge in [-0.1, -0.05) is 0 Å². The summed E-state index contributed by atoms with van der Waals surface area (Å²) in [5.41, 5.74) is 0. The van der Waals surface area contributed by atoms with Gasteiger partial charge in [0.2, 0.25) is 0 Å². The van der Waals surface area contributed by atoms with Crippen LogP contribution < -0.4 is 0 Å². The molecule has 0 bridgehead atoms. The second kappa shape index (κ2) is 4.82. The highest BCUT2D eigenvalue weighted by atomic mass is 32.2. The Morgan fingerprint density at radius 1 is 1.38 bits per heavy atom. The molecule has 0 fully saturated rings. The highest BCUT2D eigenvalue weighted by Crippen LogP contribution is 2.35. The van der Waals surface area contributed by atoms with Crippen LogP contribution in [0, 0.1) is 11.6 Å². The first-order valence-electron chi connectivity index (χ1n) is 4.59. The molecular formula is C11H12F2O2S. The van der Waals surface area contributed by atoms with Crippen LogP contribution in [-0.2, 0) is 9.53 Å². The van der Waals surface area contributed by atoms with Crippen molar-refractivity contribution >= 4 is 17.7 Å². The van der Waals surface area contributed by atoms with Crippen LogP contribution in [0.5, 0.6) is 0 Å². The minimum Gasteiger partial charge on any atom is -0.468 e. The standard InChI is InChI=1S/C11H12F2O2S/c1-11(2,10(14)15-3)16-9-5-4-7(12)6-8(9)13/h4-6H,1-3H3. The third-order valence-corrected chi connectivity index (χ3v) is 3.16. The summed E-state index contributed by atoms with van der Waals surface area (Å²) >= 11 is 0.998. The SMILES string of the molecule is COC(=O)C(C)(C)Sc1ccc(F)cc1F. The Hall–Kier alpha value is -1.10. The Bertz CT molecular complexity index is 405. The van der Waals surface area contributed by atoms with Gasteiger partial charge < -0.3 is 4.74 Å². The van der Waals surface area contributed by atoms with Crippen molar-refractivity contribution in [3.8, 4) is 0 Å². The number of hydrogen-bond acceptors (Lipinski definition) is 3. The zero-order valence-electron chi connectivity index (χ0n) is 9.21. The van der Waals surface area contributed by atoms with Gasteiger partial charge in [0.05, 0.1) is 7.11 Å². The van der Waals surface area contributed by atoms with E-state index in [-0.39, 0.29) is 4.90 Å². The van der Waals surface area contributed by atoms with E-state index >= 15 is 0 Å². The van der Waals surface area contributed by atoms with Crippen LogP contribution in [0.3, 0.4) is 0 Å². The van der Waals surface area contributed by atoms with E-state index in [4.69, 9.17) is 0 Å². The molecule has 0 saturated heterocycles. The molecule has 0 aliphatic carbocycles. The number of carbonyl (C=O) groups excluding carboxylic acids is 1. The van der Waals surface area contributed by atoms with Crippen LogP contribution >= 0.6 is 11.8 Å². The average molecular weight is 246 g/mol. The topological polar surface area (TPSA) is 26.3 Å². The van der Waals surface area contributed by atoms with Gasteiger partial charge in [-0.15, -0.1) is 11.8 Å². The fourth-order valence-corrected chi connectivity index (χ4v) is 2.13. The molecule has 88 valence electrons. The predicted molar refractivity (Wildman–Crippen MR) is 58.3 cm³/mol. The van der Waals surface area contributed by atoms with Crippen LogP contribution in [0.25, 0.3) is 0 Å². The molecule has 5 heteroatoms. The molecule has 0 saturated carbocycles. The summed E-state index contributed by atoms with van der Waals surface area (Å²) in [5.74, 6) is -1.78. The summed E-state index contributed by atoms with van der Waals surface area (Å²) in [4.78, 5) is 11.6. The number of carbonyl (C=O) groups is 1. The summed E-state index contributed by atoms with van der Waals surface area (Å²) in [5, 5.41) is 0. The number of thioether (sulfide) groups is 1. The zero-order chi connectivity index (χ0) is 12.3. The summed E-state index contributed by atoms with van der Waals surface area (Å²) in [6.07, 6.45) is 0. The second-order valence-electron chi connectivity index (χ2n) is 3.68. The van der Waals surface area contributed by atoms with Crippen molar-refractivity contribution in [1.29, 1.82) is 0 Å². The second-order valence-corrected chi connectivity index (χ2v) is 5.34. The minimum absolute atomic E-state index is 0.219. The molecule has 0 atom stereocenters. The van der Waals surface area contributed by atoms with E-state index in [1.165, 1.54) is 13.2 Å². The van der Waals surface area contributed by atoms with E-state index in [0.717, 1.165) is 23.9 Å². The Morgan fingerprint density at radius 2 is 2.00 bits per heavy atom. The minimum atomic E-state index is -0.909. The molecule has 0 aromatic heterocycles. The Balaban J connectivity index is 2.92. The van der Waals surface area contributed by atoms with Crippen LogP contribution in [-0.4, -0.2) is 17.8 Å². The van der Waals surface area contributed by atoms with E-state index < -0.39 is 22.4 Å². The quantitative estimate of drug-likeness (QED) is 0.605. The number of halogens is 2. The zero-order valence-corrected chi connectivity index (χ0v) is 10.0. The lowest BCUT2D eigenvalue weighted by Crippen LogP contribution is -2.29. The molecular weight excluding hydrogens is 234 g/mol. The molecule has 1 rings (SSSR count). The third-order valence-electron chi connectivity index (χ3n) is 1.94. The molecule has 0 heterocycles. The molecule has 2 nitrogen and oxygen atoms in total. The maximum atomic E-state index is 13.3. The van der Waals surface area contributed by atoms with Gasteiger partial charge >= 0.3 is 5.97 Å². The first kappa shape index (κ1) is 13.0. The molecule has 0 amide bonds. The molecule has 0 radical (unpaired) electrons. The predicted octanol–water partition coefficient (Wildman–Crippen LogP) is 3.01. The largest absolute Gasteiger partial charge is 0.468 e. The van der Waals surface area contributed by atoms with Crippen molar-refractivity contribution in [2.24, 2.45) is 0 Å². The fourth-order valence-electron chi connectivity index (χ4n) is 1.12. The molecule has 0 aliphatic rings. The smallest absolute Gasteiger partial charge is 0.321 e. The molecule has 0 unspecified atom stereocenters. The van der Waals surface area contributed by atoms with Crippen LogP contribution in [0.2, 0.25) is 0 Å². The third kappa shape index (κ3) is 2.95. The van der Waals surface area contributed by atoms with E-state index in [9.17, 15) is 13.6 Å². The van der Waals surface area contributed by atoms with Gasteiger partial charge in [-0.2, -0.15) is 0 Å². The first-order valence-corrected chi connectivity index (χ1v) is 5.41. The van der Waals surface area contributed by atoms with Gasteiger partial charge in [-0.25, -0.2) is 8.78 Å².